The molecule has 0 saturated heterocycles. The number of hydrogen-bond donors (Lipinski definition) is 4. The lowest BCUT2D eigenvalue weighted by molar-refractivity contribution is -0.142. The third-order valence-electron chi connectivity index (χ3n) is 6.74. The number of fused-ring (bicyclic) bond motifs is 2. The molecule has 11 heteroatoms. The number of aromatic nitrogens is 6. The molecular formula is C26H25N7O4. The van der Waals surface area contributed by atoms with E-state index in [4.69, 9.17) is 4.74 Å². The quantitative estimate of drug-likeness (QED) is 0.281. The molecule has 0 saturated carbocycles. The molecule has 6 rings (SSSR count). The van der Waals surface area contributed by atoms with Crippen molar-refractivity contribution < 1.29 is 19.7 Å². The monoisotopic (exact) mass is 499 g/mol. The van der Waals surface area contributed by atoms with Crippen LogP contribution in [0.4, 0.5) is 0 Å². The highest BCUT2D eigenvalue weighted by atomic mass is 16.5. The molecule has 1 unspecified atom stereocenters. The van der Waals surface area contributed by atoms with Crippen LogP contribution in [-0.2, 0) is 24.5 Å². The van der Waals surface area contributed by atoms with Gasteiger partial charge in [-0.1, -0.05) is 30.3 Å². The van der Waals surface area contributed by atoms with Gasteiger partial charge in [0.2, 0.25) is 0 Å². The topological polar surface area (TPSA) is 145 Å². The lowest BCUT2D eigenvalue weighted by Crippen LogP contribution is -2.41. The minimum absolute atomic E-state index is 0.184. The number of imidazole rings is 1. The van der Waals surface area contributed by atoms with Gasteiger partial charge >= 0.3 is 0 Å². The Bertz CT molecular complexity index is 1590. The number of benzene rings is 1. The van der Waals surface area contributed by atoms with Crippen LogP contribution in [0.15, 0.2) is 55.0 Å². The van der Waals surface area contributed by atoms with Crippen molar-refractivity contribution in [1.29, 1.82) is 0 Å². The van der Waals surface area contributed by atoms with Gasteiger partial charge in [0.25, 0.3) is 5.91 Å². The number of aliphatic hydroxyl groups excluding tert-OH is 2. The minimum atomic E-state index is -1.42. The fourth-order valence-electron chi connectivity index (χ4n) is 4.87. The Kier molecular flexibility index (Phi) is 5.70. The Labute approximate surface area is 211 Å². The molecule has 4 N–H and O–H groups in total. The smallest absolute Gasteiger partial charge is 0.256 e. The fraction of sp³-hybridized carbons (Fsp3) is 0.231. The van der Waals surface area contributed by atoms with Crippen LogP contribution >= 0.6 is 0 Å². The van der Waals surface area contributed by atoms with E-state index < -0.39 is 12.0 Å². The number of carbonyl (C=O) groups is 1. The standard InChI is InChI=1S/C26H25N7O4/c1-37-20-12-29-23(18-9-16(14-34)30-31-18)24-22(20)17(10-28-24)25(35)26(36)32-7-8-33-19(11-27-21(33)13-32)15-5-3-2-4-6-15/h2-6,9-12,25,28,34-35H,7-8,13-14H2,1H3,(H,30,31). The maximum absolute atomic E-state index is 13.4. The summed E-state index contributed by atoms with van der Waals surface area (Å²) in [5, 5.41) is 28.1. The number of pyridine rings is 1. The molecule has 1 aliphatic rings. The van der Waals surface area contributed by atoms with Crippen molar-refractivity contribution in [2.75, 3.05) is 13.7 Å². The van der Waals surface area contributed by atoms with E-state index in [9.17, 15) is 15.0 Å². The van der Waals surface area contributed by atoms with Crippen LogP contribution in [0.5, 0.6) is 5.75 Å². The van der Waals surface area contributed by atoms with Gasteiger partial charge < -0.3 is 29.4 Å². The maximum Gasteiger partial charge on any atom is 0.256 e. The molecule has 5 heterocycles. The minimum Gasteiger partial charge on any atom is -0.494 e. The van der Waals surface area contributed by atoms with Crippen LogP contribution in [0.3, 0.4) is 0 Å². The van der Waals surface area contributed by atoms with Gasteiger partial charge in [0.05, 0.1) is 54.9 Å². The SMILES string of the molecule is COc1cnc(-c2cc(CO)[nH]n2)c2[nH]cc(C(O)C(=O)N3CCn4c(-c5ccccc5)cnc4C3)c12. The first-order valence-electron chi connectivity index (χ1n) is 11.8. The summed E-state index contributed by atoms with van der Waals surface area (Å²) in [5.74, 6) is 0.771. The Hall–Kier alpha value is -4.48. The molecule has 0 radical (unpaired) electrons. The molecule has 0 aliphatic carbocycles. The van der Waals surface area contributed by atoms with Crippen LogP contribution in [0, 0.1) is 0 Å². The molecule has 5 aromatic rings. The number of nitrogens with zero attached hydrogens (tertiary/aromatic N) is 5. The number of nitrogens with one attached hydrogen (secondary N) is 2. The van der Waals surface area contributed by atoms with Gasteiger partial charge in [-0.05, 0) is 11.6 Å². The third-order valence-corrected chi connectivity index (χ3v) is 6.74. The molecule has 0 spiro atoms. The van der Waals surface area contributed by atoms with Gasteiger partial charge in [0.1, 0.15) is 23.0 Å². The van der Waals surface area contributed by atoms with E-state index in [1.165, 1.54) is 13.3 Å². The molecule has 188 valence electrons. The van der Waals surface area contributed by atoms with E-state index >= 15 is 0 Å². The number of methoxy groups -OCH3 is 1. The fourth-order valence-corrected chi connectivity index (χ4v) is 4.87. The van der Waals surface area contributed by atoms with Gasteiger partial charge in [0, 0.05) is 24.8 Å². The number of hydrogen-bond acceptors (Lipinski definition) is 7. The first-order valence-corrected chi connectivity index (χ1v) is 11.8. The summed E-state index contributed by atoms with van der Waals surface area (Å²) in [6, 6.07) is 11.7. The summed E-state index contributed by atoms with van der Waals surface area (Å²) in [5.41, 5.74) is 4.60. The molecule has 37 heavy (non-hydrogen) atoms. The second kappa shape index (κ2) is 9.19. The third kappa shape index (κ3) is 3.85. The summed E-state index contributed by atoms with van der Waals surface area (Å²) in [7, 11) is 1.51. The van der Waals surface area contributed by atoms with Gasteiger partial charge in [-0.25, -0.2) is 9.97 Å². The largest absolute Gasteiger partial charge is 0.494 e. The van der Waals surface area contributed by atoms with Crippen LogP contribution in [0.2, 0.25) is 0 Å². The predicted molar refractivity (Wildman–Crippen MR) is 134 cm³/mol. The zero-order valence-corrected chi connectivity index (χ0v) is 20.0. The first kappa shape index (κ1) is 23.0. The number of aliphatic hydroxyl groups is 2. The molecule has 11 nitrogen and oxygen atoms in total. The van der Waals surface area contributed by atoms with E-state index in [0.717, 1.165) is 17.1 Å². The van der Waals surface area contributed by atoms with Crippen molar-refractivity contribution in [1.82, 2.24) is 34.6 Å². The average molecular weight is 500 g/mol. The summed E-state index contributed by atoms with van der Waals surface area (Å²) in [4.78, 5) is 27.2. The Morgan fingerprint density at radius 3 is 2.78 bits per heavy atom. The number of ether oxygens (including phenoxy) is 1. The molecular weight excluding hydrogens is 474 g/mol. The van der Waals surface area contributed by atoms with E-state index in [0.29, 0.717) is 58.9 Å². The second-order valence-electron chi connectivity index (χ2n) is 8.85. The number of H-pyrrole nitrogens is 2. The van der Waals surface area contributed by atoms with Crippen molar-refractivity contribution >= 4 is 16.8 Å². The summed E-state index contributed by atoms with van der Waals surface area (Å²) in [6.45, 7) is 1.14. The summed E-state index contributed by atoms with van der Waals surface area (Å²) in [6.07, 6.45) is 3.53. The Morgan fingerprint density at radius 2 is 2.03 bits per heavy atom. The van der Waals surface area contributed by atoms with E-state index in [2.05, 4.69) is 29.7 Å². The summed E-state index contributed by atoms with van der Waals surface area (Å²) < 4.78 is 7.62. The predicted octanol–water partition coefficient (Wildman–Crippen LogP) is 2.39. The molecule has 1 aromatic carbocycles. The van der Waals surface area contributed by atoms with Gasteiger partial charge in [-0.2, -0.15) is 5.10 Å². The van der Waals surface area contributed by atoms with E-state index in [1.807, 2.05) is 36.5 Å². The highest BCUT2D eigenvalue weighted by molar-refractivity contribution is 6.00. The Balaban J connectivity index is 1.30. The zero-order chi connectivity index (χ0) is 25.5. The van der Waals surface area contributed by atoms with Gasteiger partial charge in [-0.15, -0.1) is 0 Å². The number of rotatable bonds is 6. The van der Waals surface area contributed by atoms with E-state index in [-0.39, 0.29) is 6.61 Å². The number of amides is 1. The molecule has 1 aliphatic heterocycles. The molecule has 1 atom stereocenters. The van der Waals surface area contributed by atoms with Gasteiger partial charge in [0.15, 0.2) is 6.10 Å². The van der Waals surface area contributed by atoms with Crippen molar-refractivity contribution in [2.45, 2.75) is 25.8 Å². The van der Waals surface area contributed by atoms with Crippen LogP contribution < -0.4 is 4.74 Å². The second-order valence-corrected chi connectivity index (χ2v) is 8.85. The van der Waals surface area contributed by atoms with E-state index in [1.54, 1.807) is 17.2 Å². The molecule has 0 bridgehead atoms. The van der Waals surface area contributed by atoms with Crippen molar-refractivity contribution in [3.05, 3.63) is 72.1 Å². The number of carbonyl (C=O) groups excluding carboxylic acids is 1. The highest BCUT2D eigenvalue weighted by Crippen LogP contribution is 2.37. The average Bonchev–Trinajstić information content (AvgIpc) is 3.70. The Morgan fingerprint density at radius 1 is 1.19 bits per heavy atom. The summed E-state index contributed by atoms with van der Waals surface area (Å²) >= 11 is 0. The lowest BCUT2D eigenvalue weighted by Gasteiger charge is -2.30. The number of aromatic amines is 2. The van der Waals surface area contributed by atoms with Crippen molar-refractivity contribution in [2.24, 2.45) is 0 Å². The van der Waals surface area contributed by atoms with Crippen LogP contribution in [-0.4, -0.2) is 64.4 Å². The van der Waals surface area contributed by atoms with Gasteiger partial charge in [-0.3, -0.25) is 9.89 Å². The first-order chi connectivity index (χ1) is 18.1. The van der Waals surface area contributed by atoms with Crippen LogP contribution in [0.1, 0.15) is 23.2 Å². The normalized spacial score (nSPS) is 14.1. The lowest BCUT2D eigenvalue weighted by atomic mass is 10.0. The van der Waals surface area contributed by atoms with Crippen LogP contribution in [0.25, 0.3) is 33.5 Å². The van der Waals surface area contributed by atoms with Crippen molar-refractivity contribution in [3.8, 4) is 28.4 Å². The molecule has 0 fully saturated rings. The maximum atomic E-state index is 13.4. The molecule has 1 amide bonds. The van der Waals surface area contributed by atoms with Crippen molar-refractivity contribution in [3.63, 3.8) is 0 Å². The zero-order valence-electron chi connectivity index (χ0n) is 20.0. The highest BCUT2D eigenvalue weighted by Gasteiger charge is 2.31. The molecule has 4 aromatic heterocycles.